The highest BCUT2D eigenvalue weighted by Gasteiger charge is 2.23. The molecule has 1 heterocycles. The first-order valence-electron chi connectivity index (χ1n) is 4.88. The van der Waals surface area contributed by atoms with Gasteiger partial charge in [-0.15, -0.1) is 0 Å². The highest BCUT2D eigenvalue weighted by molar-refractivity contribution is 5.14. The smallest absolute Gasteiger partial charge is 0.220 e. The molecule has 1 aromatic rings. The van der Waals surface area contributed by atoms with Crippen LogP contribution >= 0.6 is 0 Å². The summed E-state index contributed by atoms with van der Waals surface area (Å²) >= 11 is 0. The molecule has 0 aromatic carbocycles. The van der Waals surface area contributed by atoms with Gasteiger partial charge in [-0.2, -0.15) is 0 Å². The molecule has 0 unspecified atom stereocenters. The molecule has 0 amide bonds. The van der Waals surface area contributed by atoms with E-state index in [4.69, 9.17) is 9.52 Å². The highest BCUT2D eigenvalue weighted by Crippen LogP contribution is 2.35. The van der Waals surface area contributed by atoms with Gasteiger partial charge in [0.05, 0.1) is 5.69 Å². The van der Waals surface area contributed by atoms with E-state index in [1.54, 1.807) is 0 Å². The van der Waals surface area contributed by atoms with Crippen molar-refractivity contribution in [2.24, 2.45) is 0 Å². The maximum Gasteiger partial charge on any atom is 0.220 e. The van der Waals surface area contributed by atoms with E-state index in [0.29, 0.717) is 11.8 Å². The molecule has 0 aliphatic heterocycles. The summed E-state index contributed by atoms with van der Waals surface area (Å²) in [5.74, 6) is 2.01. The molecular weight excluding hydrogens is 166 g/mol. The van der Waals surface area contributed by atoms with Crippen LogP contribution in [0.2, 0.25) is 0 Å². The monoisotopic (exact) mass is 181 g/mol. The minimum absolute atomic E-state index is 0.0897. The molecule has 0 saturated heterocycles. The Morgan fingerprint density at radius 1 is 1.46 bits per heavy atom. The molecule has 0 bridgehead atoms. The molecule has 1 fully saturated rings. The van der Waals surface area contributed by atoms with Crippen molar-refractivity contribution >= 4 is 0 Å². The van der Waals surface area contributed by atoms with E-state index in [-0.39, 0.29) is 6.61 Å². The predicted octanol–water partition coefficient (Wildman–Crippen LogP) is 2.13. The van der Waals surface area contributed by atoms with Gasteiger partial charge in [-0.3, -0.25) is 0 Å². The van der Waals surface area contributed by atoms with Gasteiger partial charge in [-0.1, -0.05) is 12.8 Å². The van der Waals surface area contributed by atoms with E-state index in [2.05, 4.69) is 4.98 Å². The van der Waals surface area contributed by atoms with Crippen LogP contribution < -0.4 is 0 Å². The summed E-state index contributed by atoms with van der Waals surface area (Å²) in [5.41, 5.74) is 0.955. The Kier molecular flexibility index (Phi) is 2.36. The molecule has 1 saturated carbocycles. The summed E-state index contributed by atoms with van der Waals surface area (Å²) < 4.78 is 5.49. The molecule has 3 heteroatoms. The molecular formula is C10H15NO2. The summed E-state index contributed by atoms with van der Waals surface area (Å²) in [5, 5.41) is 8.86. The van der Waals surface area contributed by atoms with Crippen molar-refractivity contribution in [2.45, 2.75) is 45.1 Å². The van der Waals surface area contributed by atoms with E-state index >= 15 is 0 Å². The molecule has 0 atom stereocenters. The Morgan fingerprint density at radius 2 is 2.15 bits per heavy atom. The first kappa shape index (κ1) is 8.75. The number of oxazole rings is 1. The number of nitrogens with zero attached hydrogens (tertiary/aromatic N) is 1. The van der Waals surface area contributed by atoms with Gasteiger partial charge >= 0.3 is 0 Å². The molecule has 3 nitrogen and oxygen atoms in total. The van der Waals surface area contributed by atoms with Gasteiger partial charge in [0.25, 0.3) is 0 Å². The predicted molar refractivity (Wildman–Crippen MR) is 48.4 cm³/mol. The molecule has 72 valence electrons. The molecule has 0 spiro atoms. The Labute approximate surface area is 77.8 Å². The van der Waals surface area contributed by atoms with Crippen LogP contribution in [0.1, 0.15) is 48.9 Å². The fraction of sp³-hybridized carbons (Fsp3) is 0.700. The molecule has 1 aliphatic carbocycles. The van der Waals surface area contributed by atoms with E-state index < -0.39 is 0 Å². The fourth-order valence-electron chi connectivity index (χ4n) is 2.10. The molecule has 13 heavy (non-hydrogen) atoms. The van der Waals surface area contributed by atoms with E-state index in [1.807, 2.05) is 6.92 Å². The Bertz CT molecular complexity index is 287. The minimum atomic E-state index is -0.0897. The van der Waals surface area contributed by atoms with Gasteiger partial charge in [0.2, 0.25) is 5.89 Å². The van der Waals surface area contributed by atoms with Crippen LogP contribution in [-0.4, -0.2) is 10.1 Å². The lowest BCUT2D eigenvalue weighted by atomic mass is 10.0. The number of aryl methyl sites for hydroxylation is 1. The lowest BCUT2D eigenvalue weighted by molar-refractivity contribution is 0.234. The zero-order chi connectivity index (χ0) is 9.26. The van der Waals surface area contributed by atoms with Crippen LogP contribution in [0.5, 0.6) is 0 Å². The van der Waals surface area contributed by atoms with Crippen LogP contribution in [0.15, 0.2) is 4.42 Å². The third-order valence-electron chi connectivity index (χ3n) is 2.74. The lowest BCUT2D eigenvalue weighted by Crippen LogP contribution is -1.91. The standard InChI is InChI=1S/C10H15NO2/c1-7-10(8-4-2-3-5-8)13-9(6-12)11-7/h8,12H,2-6H2,1H3. The second kappa shape index (κ2) is 3.50. The average molecular weight is 181 g/mol. The number of hydrogen-bond acceptors (Lipinski definition) is 3. The highest BCUT2D eigenvalue weighted by atomic mass is 16.4. The van der Waals surface area contributed by atoms with Crippen molar-refractivity contribution in [3.05, 3.63) is 17.3 Å². The van der Waals surface area contributed by atoms with E-state index in [9.17, 15) is 0 Å². The zero-order valence-corrected chi connectivity index (χ0v) is 7.92. The van der Waals surface area contributed by atoms with Gasteiger partial charge < -0.3 is 9.52 Å². The summed E-state index contributed by atoms with van der Waals surface area (Å²) in [6, 6.07) is 0. The molecule has 0 radical (unpaired) electrons. The topological polar surface area (TPSA) is 46.3 Å². The van der Waals surface area contributed by atoms with Crippen LogP contribution in [0.3, 0.4) is 0 Å². The van der Waals surface area contributed by atoms with Gasteiger partial charge in [0.1, 0.15) is 12.4 Å². The number of rotatable bonds is 2. The Hall–Kier alpha value is -0.830. The summed E-state index contributed by atoms with van der Waals surface area (Å²) in [6.07, 6.45) is 5.00. The number of aliphatic hydroxyl groups excluding tert-OH is 1. The zero-order valence-electron chi connectivity index (χ0n) is 7.92. The second-order valence-corrected chi connectivity index (χ2v) is 3.70. The maximum atomic E-state index is 8.86. The average Bonchev–Trinajstić information content (AvgIpc) is 2.72. The lowest BCUT2D eigenvalue weighted by Gasteiger charge is -2.04. The minimum Gasteiger partial charge on any atom is -0.443 e. The van der Waals surface area contributed by atoms with Crippen molar-refractivity contribution in [1.29, 1.82) is 0 Å². The maximum absolute atomic E-state index is 8.86. The summed E-state index contributed by atoms with van der Waals surface area (Å²) in [6.45, 7) is 1.86. The largest absolute Gasteiger partial charge is 0.443 e. The quantitative estimate of drug-likeness (QED) is 0.760. The third-order valence-corrected chi connectivity index (χ3v) is 2.74. The molecule has 1 N–H and O–H groups in total. The molecule has 1 aromatic heterocycles. The van der Waals surface area contributed by atoms with Crippen molar-refractivity contribution in [1.82, 2.24) is 4.98 Å². The van der Waals surface area contributed by atoms with Gasteiger partial charge in [-0.05, 0) is 19.8 Å². The number of hydrogen-bond donors (Lipinski definition) is 1. The van der Waals surface area contributed by atoms with Gasteiger partial charge in [-0.25, -0.2) is 4.98 Å². The normalized spacial score (nSPS) is 18.3. The first-order valence-corrected chi connectivity index (χ1v) is 4.88. The number of aliphatic hydroxyl groups is 1. The van der Waals surface area contributed by atoms with E-state index in [1.165, 1.54) is 25.7 Å². The van der Waals surface area contributed by atoms with Gasteiger partial charge in [0, 0.05) is 5.92 Å². The van der Waals surface area contributed by atoms with Crippen molar-refractivity contribution < 1.29 is 9.52 Å². The number of aromatic nitrogens is 1. The molecule has 1 aliphatic rings. The molecule has 2 rings (SSSR count). The summed E-state index contributed by atoms with van der Waals surface area (Å²) in [7, 11) is 0. The van der Waals surface area contributed by atoms with Gasteiger partial charge in [0.15, 0.2) is 0 Å². The van der Waals surface area contributed by atoms with Crippen LogP contribution in [0.4, 0.5) is 0 Å². The Balaban J connectivity index is 2.22. The second-order valence-electron chi connectivity index (χ2n) is 3.70. The van der Waals surface area contributed by atoms with E-state index in [0.717, 1.165) is 11.5 Å². The van der Waals surface area contributed by atoms with Crippen LogP contribution in [-0.2, 0) is 6.61 Å². The Morgan fingerprint density at radius 3 is 2.69 bits per heavy atom. The fourth-order valence-corrected chi connectivity index (χ4v) is 2.10. The van der Waals surface area contributed by atoms with Crippen molar-refractivity contribution in [2.75, 3.05) is 0 Å². The van der Waals surface area contributed by atoms with Crippen molar-refractivity contribution in [3.63, 3.8) is 0 Å². The van der Waals surface area contributed by atoms with Crippen LogP contribution in [0.25, 0.3) is 0 Å². The first-order chi connectivity index (χ1) is 6.31. The summed E-state index contributed by atoms with van der Waals surface area (Å²) in [4.78, 5) is 4.16. The third kappa shape index (κ3) is 1.61. The SMILES string of the molecule is Cc1nc(CO)oc1C1CCCC1. The van der Waals surface area contributed by atoms with Crippen LogP contribution in [0, 0.1) is 6.92 Å². The van der Waals surface area contributed by atoms with Crippen molar-refractivity contribution in [3.8, 4) is 0 Å².